The van der Waals surface area contributed by atoms with Crippen molar-refractivity contribution in [2.45, 2.75) is 19.8 Å². The van der Waals surface area contributed by atoms with Gasteiger partial charge in [-0.2, -0.15) is 0 Å². The van der Waals surface area contributed by atoms with Crippen molar-refractivity contribution >= 4 is 20.0 Å². The lowest BCUT2D eigenvalue weighted by atomic mass is 10.00. The first-order chi connectivity index (χ1) is 15.5. The molecule has 0 saturated carbocycles. The van der Waals surface area contributed by atoms with E-state index in [4.69, 9.17) is 24.2 Å². The van der Waals surface area contributed by atoms with E-state index in [1.807, 2.05) is 43.3 Å². The van der Waals surface area contributed by atoms with Crippen molar-refractivity contribution in [3.8, 4) is 16.9 Å². The van der Waals surface area contributed by atoms with Gasteiger partial charge in [-0.05, 0) is 28.7 Å². The van der Waals surface area contributed by atoms with Gasteiger partial charge >= 0.3 is 20.0 Å². The Morgan fingerprint density at radius 2 is 1.62 bits per heavy atom. The standard InChI is InChI=1S/C23H28O8P/c1-17-7-2-3-8-19(17)20-9-4-5-10-21(20)31-32(28)16-18(15-22(26)29-14-12-25)23(27)30-13-6-11-24/h2-5,7-10,18,24-25H,6,11-16H2,1H3/q+1. The van der Waals surface area contributed by atoms with Gasteiger partial charge in [-0.25, -0.2) is 0 Å². The molecule has 2 aromatic rings. The number of rotatable bonds is 13. The van der Waals surface area contributed by atoms with Crippen molar-refractivity contribution in [3.63, 3.8) is 0 Å². The van der Waals surface area contributed by atoms with E-state index in [0.717, 1.165) is 16.7 Å². The summed E-state index contributed by atoms with van der Waals surface area (Å²) in [6.07, 6.45) is -0.356. The number of aliphatic hydroxyl groups excluding tert-OH is 2. The Balaban J connectivity index is 2.13. The molecule has 0 aliphatic heterocycles. The zero-order valence-corrected chi connectivity index (χ0v) is 18.8. The van der Waals surface area contributed by atoms with Crippen molar-refractivity contribution in [2.75, 3.05) is 32.6 Å². The van der Waals surface area contributed by atoms with Crippen LogP contribution in [0, 0.1) is 12.8 Å². The van der Waals surface area contributed by atoms with E-state index in [2.05, 4.69) is 0 Å². The highest BCUT2D eigenvalue weighted by Gasteiger charge is 2.35. The van der Waals surface area contributed by atoms with Crippen molar-refractivity contribution < 1.29 is 38.4 Å². The van der Waals surface area contributed by atoms with Gasteiger partial charge in [-0.15, -0.1) is 0 Å². The molecule has 2 aromatic carbocycles. The van der Waals surface area contributed by atoms with Crippen LogP contribution in [0.25, 0.3) is 11.1 Å². The molecule has 172 valence electrons. The summed E-state index contributed by atoms with van der Waals surface area (Å²) in [5.74, 6) is -2.09. The first-order valence-electron chi connectivity index (χ1n) is 10.3. The lowest BCUT2D eigenvalue weighted by molar-refractivity contribution is -0.155. The molecule has 2 rings (SSSR count). The van der Waals surface area contributed by atoms with Crippen LogP contribution in [0.15, 0.2) is 48.5 Å². The Kier molecular flexibility index (Phi) is 10.8. The van der Waals surface area contributed by atoms with E-state index in [1.165, 1.54) is 0 Å². The summed E-state index contributed by atoms with van der Waals surface area (Å²) in [7, 11) is -2.36. The molecular weight excluding hydrogens is 435 g/mol. The minimum Gasteiger partial charge on any atom is -0.465 e. The van der Waals surface area contributed by atoms with Crippen LogP contribution < -0.4 is 4.52 Å². The average Bonchev–Trinajstić information content (AvgIpc) is 2.78. The highest BCUT2D eigenvalue weighted by Crippen LogP contribution is 2.38. The molecule has 0 aromatic heterocycles. The van der Waals surface area contributed by atoms with Gasteiger partial charge in [0.05, 0.1) is 19.6 Å². The zero-order valence-electron chi connectivity index (χ0n) is 17.9. The molecule has 0 aliphatic carbocycles. The molecule has 32 heavy (non-hydrogen) atoms. The number of aryl methyl sites for hydroxylation is 1. The number of para-hydroxylation sites is 1. The van der Waals surface area contributed by atoms with Gasteiger partial charge in [0.25, 0.3) is 0 Å². The topological polar surface area (TPSA) is 119 Å². The van der Waals surface area contributed by atoms with Gasteiger partial charge in [0.2, 0.25) is 6.16 Å². The van der Waals surface area contributed by atoms with Crippen LogP contribution in [-0.2, 0) is 23.6 Å². The minimum absolute atomic E-state index is 0.0225. The molecular formula is C23H28O8P+. The fourth-order valence-electron chi connectivity index (χ4n) is 2.97. The number of esters is 2. The summed E-state index contributed by atoms with van der Waals surface area (Å²) < 4.78 is 28.4. The summed E-state index contributed by atoms with van der Waals surface area (Å²) in [5.41, 5.74) is 2.72. The van der Waals surface area contributed by atoms with Crippen LogP contribution in [0.4, 0.5) is 0 Å². The molecule has 0 amide bonds. The Hall–Kier alpha value is -2.80. The van der Waals surface area contributed by atoms with Crippen LogP contribution in [-0.4, -0.2) is 54.7 Å². The fraction of sp³-hybridized carbons (Fsp3) is 0.391. The van der Waals surface area contributed by atoms with E-state index in [0.29, 0.717) is 5.75 Å². The van der Waals surface area contributed by atoms with Crippen LogP contribution in [0.3, 0.4) is 0 Å². The predicted molar refractivity (Wildman–Crippen MR) is 119 cm³/mol. The first-order valence-corrected chi connectivity index (χ1v) is 11.6. The third-order valence-corrected chi connectivity index (χ3v) is 5.68. The molecule has 0 radical (unpaired) electrons. The van der Waals surface area contributed by atoms with Gasteiger partial charge in [0.15, 0.2) is 5.75 Å². The molecule has 0 fully saturated rings. The number of carbonyl (C=O) groups is 2. The van der Waals surface area contributed by atoms with Crippen molar-refractivity contribution in [3.05, 3.63) is 54.1 Å². The lowest BCUT2D eigenvalue weighted by Gasteiger charge is -2.12. The smallest absolute Gasteiger partial charge is 0.465 e. The summed E-state index contributed by atoms with van der Waals surface area (Å²) in [6, 6.07) is 14.9. The van der Waals surface area contributed by atoms with Crippen LogP contribution in [0.2, 0.25) is 0 Å². The van der Waals surface area contributed by atoms with Crippen molar-refractivity contribution in [1.82, 2.24) is 0 Å². The predicted octanol–water partition coefficient (Wildman–Crippen LogP) is 3.25. The van der Waals surface area contributed by atoms with Gasteiger partial charge in [0.1, 0.15) is 12.5 Å². The largest absolute Gasteiger partial charge is 0.556 e. The van der Waals surface area contributed by atoms with Crippen LogP contribution in [0.1, 0.15) is 18.4 Å². The quantitative estimate of drug-likeness (QED) is 0.264. The van der Waals surface area contributed by atoms with Gasteiger partial charge in [0, 0.05) is 18.6 Å². The third kappa shape index (κ3) is 8.04. The molecule has 8 nitrogen and oxygen atoms in total. The van der Waals surface area contributed by atoms with Gasteiger partial charge < -0.3 is 19.7 Å². The summed E-state index contributed by atoms with van der Waals surface area (Å²) in [4.78, 5) is 24.3. The molecule has 0 spiro atoms. The van der Waals surface area contributed by atoms with Crippen LogP contribution in [0.5, 0.6) is 5.75 Å². The average molecular weight is 463 g/mol. The first kappa shape index (κ1) is 25.5. The summed E-state index contributed by atoms with van der Waals surface area (Å²) in [5, 5.41) is 17.6. The van der Waals surface area contributed by atoms with Gasteiger partial charge in [-0.1, -0.05) is 42.5 Å². The highest BCUT2D eigenvalue weighted by molar-refractivity contribution is 7.39. The van der Waals surface area contributed by atoms with E-state index in [9.17, 15) is 14.2 Å². The Labute approximate surface area is 188 Å². The number of hydrogen-bond donors (Lipinski definition) is 2. The number of hydrogen-bond acceptors (Lipinski definition) is 8. The second kappa shape index (κ2) is 13.6. The summed E-state index contributed by atoms with van der Waals surface area (Å²) >= 11 is 0. The number of aliphatic hydroxyl groups is 2. The maximum Gasteiger partial charge on any atom is 0.556 e. The number of carbonyl (C=O) groups excluding carboxylic acids is 2. The fourth-order valence-corrected chi connectivity index (χ4v) is 4.06. The third-order valence-electron chi connectivity index (χ3n) is 4.54. The Morgan fingerprint density at radius 3 is 2.31 bits per heavy atom. The minimum atomic E-state index is -2.36. The van der Waals surface area contributed by atoms with E-state index >= 15 is 0 Å². The Bertz CT molecular complexity index is 914. The molecule has 0 heterocycles. The second-order valence-corrected chi connectivity index (χ2v) is 8.22. The molecule has 9 heteroatoms. The molecule has 2 atom stereocenters. The maximum atomic E-state index is 12.8. The number of benzene rings is 2. The van der Waals surface area contributed by atoms with E-state index in [-0.39, 0.29) is 45.4 Å². The van der Waals surface area contributed by atoms with E-state index < -0.39 is 25.9 Å². The summed E-state index contributed by atoms with van der Waals surface area (Å²) in [6.45, 7) is 1.25. The molecule has 0 bridgehead atoms. The molecule has 0 saturated heterocycles. The molecule has 0 aliphatic rings. The van der Waals surface area contributed by atoms with Crippen molar-refractivity contribution in [1.29, 1.82) is 0 Å². The lowest BCUT2D eigenvalue weighted by Crippen LogP contribution is -2.25. The second-order valence-electron chi connectivity index (χ2n) is 7.01. The highest BCUT2D eigenvalue weighted by atomic mass is 31.1. The maximum absolute atomic E-state index is 12.8. The molecule has 2 N–H and O–H groups in total. The number of ether oxygens (including phenoxy) is 2. The Morgan fingerprint density at radius 1 is 0.938 bits per heavy atom. The monoisotopic (exact) mass is 463 g/mol. The normalized spacial score (nSPS) is 12.0. The van der Waals surface area contributed by atoms with Gasteiger partial charge in [-0.3, -0.25) is 14.1 Å². The SMILES string of the molecule is Cc1ccccc1-c1ccccc1O[P+](=O)CC(CC(=O)OCCO)C(=O)OCCCO. The van der Waals surface area contributed by atoms with E-state index in [1.54, 1.807) is 12.1 Å². The molecule has 2 unspecified atom stereocenters. The van der Waals surface area contributed by atoms with Crippen molar-refractivity contribution in [2.24, 2.45) is 5.92 Å². The van der Waals surface area contributed by atoms with Crippen LogP contribution >= 0.6 is 8.03 Å². The zero-order chi connectivity index (χ0) is 23.3.